The van der Waals surface area contributed by atoms with Crippen molar-refractivity contribution in [3.05, 3.63) is 76.6 Å². The zero-order valence-electron chi connectivity index (χ0n) is 18.6. The Morgan fingerprint density at radius 3 is 2.76 bits per heavy atom. The average Bonchev–Trinajstić information content (AvgIpc) is 3.20. The van der Waals surface area contributed by atoms with Crippen LogP contribution in [-0.2, 0) is 27.3 Å². The lowest BCUT2D eigenvalue weighted by atomic mass is 9.93. The molecule has 1 aromatic heterocycles. The predicted octanol–water partition coefficient (Wildman–Crippen LogP) is 3.80. The highest BCUT2D eigenvalue weighted by molar-refractivity contribution is 5.96. The Morgan fingerprint density at radius 1 is 1.15 bits per heavy atom. The van der Waals surface area contributed by atoms with Crippen molar-refractivity contribution in [1.82, 2.24) is 14.8 Å². The van der Waals surface area contributed by atoms with Crippen LogP contribution in [0.25, 0.3) is 17.0 Å². The maximum atomic E-state index is 13.4. The summed E-state index contributed by atoms with van der Waals surface area (Å²) < 4.78 is 4.86. The molecule has 3 heterocycles. The Bertz CT molecular complexity index is 1310. The smallest absolute Gasteiger partial charge is 0.337 e. The summed E-state index contributed by atoms with van der Waals surface area (Å²) in [6.07, 6.45) is 4.60. The minimum Gasteiger partial charge on any atom is -0.465 e. The molecule has 0 fully saturated rings. The summed E-state index contributed by atoms with van der Waals surface area (Å²) in [7, 11) is 1.36. The van der Waals surface area contributed by atoms with Crippen molar-refractivity contribution in [3.8, 4) is 0 Å². The number of aromatic nitrogens is 1. The minimum atomic E-state index is -0.385. The van der Waals surface area contributed by atoms with Crippen molar-refractivity contribution in [2.75, 3.05) is 13.7 Å². The number of hydrogen-bond donors (Lipinski definition) is 1. The molecule has 3 aromatic rings. The summed E-state index contributed by atoms with van der Waals surface area (Å²) in [5.74, 6) is -0.476. The van der Waals surface area contributed by atoms with E-state index in [0.29, 0.717) is 25.1 Å². The number of carbonyl (C=O) groups excluding carboxylic acids is 3. The number of nitrogens with zero attached hydrogens (tertiary/aromatic N) is 2. The van der Waals surface area contributed by atoms with Crippen molar-refractivity contribution in [2.24, 2.45) is 0 Å². The second-order valence-electron chi connectivity index (χ2n) is 8.49. The van der Waals surface area contributed by atoms with E-state index >= 15 is 0 Å². The van der Waals surface area contributed by atoms with Crippen molar-refractivity contribution in [2.45, 2.75) is 32.4 Å². The van der Waals surface area contributed by atoms with Gasteiger partial charge < -0.3 is 19.5 Å². The monoisotopic (exact) mass is 443 g/mol. The van der Waals surface area contributed by atoms with Gasteiger partial charge in [0.05, 0.1) is 25.1 Å². The van der Waals surface area contributed by atoms with E-state index in [4.69, 9.17) is 4.74 Å². The van der Waals surface area contributed by atoms with Crippen LogP contribution in [0, 0.1) is 0 Å². The molecule has 5 rings (SSSR count). The lowest BCUT2D eigenvalue weighted by Crippen LogP contribution is -2.39. The molecule has 0 bridgehead atoms. The quantitative estimate of drug-likeness (QED) is 0.624. The molecule has 1 N–H and O–H groups in total. The number of H-pyrrole nitrogens is 1. The van der Waals surface area contributed by atoms with Gasteiger partial charge in [-0.2, -0.15) is 0 Å². The molecule has 1 atom stereocenters. The highest BCUT2D eigenvalue weighted by atomic mass is 16.5. The fraction of sp³-hybridized carbons (Fsp3) is 0.269. The Kier molecular flexibility index (Phi) is 5.24. The van der Waals surface area contributed by atoms with Crippen LogP contribution in [0.4, 0.5) is 0 Å². The van der Waals surface area contributed by atoms with E-state index in [0.717, 1.165) is 33.3 Å². The maximum Gasteiger partial charge on any atom is 0.337 e. The maximum absolute atomic E-state index is 13.4. The van der Waals surface area contributed by atoms with E-state index in [2.05, 4.69) is 4.98 Å². The molecule has 33 heavy (non-hydrogen) atoms. The highest BCUT2D eigenvalue weighted by Gasteiger charge is 2.31. The van der Waals surface area contributed by atoms with Gasteiger partial charge in [0.1, 0.15) is 0 Å². The molecule has 2 amide bonds. The summed E-state index contributed by atoms with van der Waals surface area (Å²) >= 11 is 0. The molecule has 7 nitrogen and oxygen atoms in total. The Labute approximate surface area is 191 Å². The number of ether oxygens (including phenoxy) is 1. The number of carbonyl (C=O) groups is 3. The molecule has 0 radical (unpaired) electrons. The molecule has 2 aromatic carbocycles. The van der Waals surface area contributed by atoms with Crippen molar-refractivity contribution in [1.29, 1.82) is 0 Å². The number of fused-ring (bicyclic) bond motifs is 4. The van der Waals surface area contributed by atoms with Gasteiger partial charge >= 0.3 is 5.97 Å². The Hall–Kier alpha value is -3.87. The van der Waals surface area contributed by atoms with Crippen LogP contribution in [0.15, 0.2) is 48.7 Å². The first-order chi connectivity index (χ1) is 16.0. The average molecular weight is 444 g/mol. The second kappa shape index (κ2) is 8.24. The molecular formula is C26H25N3O4. The number of nitrogens with one attached hydrogen (secondary N) is 1. The van der Waals surface area contributed by atoms with Gasteiger partial charge in [-0.3, -0.25) is 9.59 Å². The van der Waals surface area contributed by atoms with Crippen molar-refractivity contribution >= 4 is 34.8 Å². The molecule has 2 aliphatic heterocycles. The Morgan fingerprint density at radius 2 is 1.97 bits per heavy atom. The Balaban J connectivity index is 1.41. The first-order valence-electron chi connectivity index (χ1n) is 11.0. The summed E-state index contributed by atoms with van der Waals surface area (Å²) in [5.41, 5.74) is 5.56. The molecule has 168 valence electrons. The third-order valence-electron chi connectivity index (χ3n) is 6.59. The van der Waals surface area contributed by atoms with Crippen LogP contribution in [-0.4, -0.2) is 46.2 Å². The fourth-order valence-electron chi connectivity index (χ4n) is 4.88. The van der Waals surface area contributed by atoms with Gasteiger partial charge in [-0.1, -0.05) is 24.3 Å². The van der Waals surface area contributed by atoms with Crippen LogP contribution >= 0.6 is 0 Å². The number of aromatic amines is 1. The predicted molar refractivity (Wildman–Crippen MR) is 124 cm³/mol. The normalized spacial score (nSPS) is 17.0. The fourth-order valence-corrected chi connectivity index (χ4v) is 4.88. The zero-order valence-corrected chi connectivity index (χ0v) is 18.6. The summed E-state index contributed by atoms with van der Waals surface area (Å²) in [4.78, 5) is 44.6. The highest BCUT2D eigenvalue weighted by Crippen LogP contribution is 2.35. The minimum absolute atomic E-state index is 0.000440. The van der Waals surface area contributed by atoms with Crippen LogP contribution in [0.2, 0.25) is 0 Å². The van der Waals surface area contributed by atoms with E-state index in [1.54, 1.807) is 17.2 Å². The van der Waals surface area contributed by atoms with Gasteiger partial charge in [0.15, 0.2) is 0 Å². The van der Waals surface area contributed by atoms with Crippen LogP contribution in [0.3, 0.4) is 0 Å². The number of benzene rings is 2. The first kappa shape index (κ1) is 21.0. The number of hydrogen-bond acceptors (Lipinski definition) is 4. The largest absolute Gasteiger partial charge is 0.465 e. The number of methoxy groups -OCH3 is 1. The third kappa shape index (κ3) is 3.69. The molecule has 2 aliphatic rings. The van der Waals surface area contributed by atoms with E-state index < -0.39 is 0 Å². The summed E-state index contributed by atoms with van der Waals surface area (Å²) in [5, 5.41) is 0.932. The van der Waals surface area contributed by atoms with Crippen LogP contribution < -0.4 is 0 Å². The lowest BCUT2D eigenvalue weighted by molar-refractivity contribution is -0.135. The van der Waals surface area contributed by atoms with Gasteiger partial charge in [0, 0.05) is 54.8 Å². The summed E-state index contributed by atoms with van der Waals surface area (Å²) in [6, 6.07) is 13.0. The molecule has 7 heteroatoms. The third-order valence-corrected chi connectivity index (χ3v) is 6.59. The van der Waals surface area contributed by atoms with Gasteiger partial charge in [-0.05, 0) is 35.4 Å². The van der Waals surface area contributed by atoms with Gasteiger partial charge in [0.2, 0.25) is 11.8 Å². The standard InChI is InChI=1S/C26H25N3O4/c1-16(30)29-12-9-17-5-3-4-6-19(17)24(29)14-25(31)28-11-10-23-21(15-28)20-13-18(26(32)33-2)7-8-22(20)27-23/h3-9,12-13,24,27H,10-11,14-15H2,1-2H3. The molecule has 0 saturated carbocycles. The lowest BCUT2D eigenvalue weighted by Gasteiger charge is -2.35. The molecular weight excluding hydrogens is 418 g/mol. The van der Waals surface area contributed by atoms with E-state index in [-0.39, 0.29) is 30.2 Å². The van der Waals surface area contributed by atoms with Crippen molar-refractivity contribution < 1.29 is 19.1 Å². The van der Waals surface area contributed by atoms with Crippen molar-refractivity contribution in [3.63, 3.8) is 0 Å². The molecule has 0 saturated heterocycles. The molecule has 1 unspecified atom stereocenters. The van der Waals surface area contributed by atoms with Gasteiger partial charge in [-0.25, -0.2) is 4.79 Å². The van der Waals surface area contributed by atoms with Crippen LogP contribution in [0.5, 0.6) is 0 Å². The number of esters is 1. The molecule has 0 spiro atoms. The topological polar surface area (TPSA) is 82.7 Å². The van der Waals surface area contributed by atoms with E-state index in [9.17, 15) is 14.4 Å². The van der Waals surface area contributed by atoms with Crippen LogP contribution in [0.1, 0.15) is 52.1 Å². The molecule has 0 aliphatic carbocycles. The van der Waals surface area contributed by atoms with E-state index in [1.165, 1.54) is 14.0 Å². The second-order valence-corrected chi connectivity index (χ2v) is 8.49. The van der Waals surface area contributed by atoms with Gasteiger partial charge in [0.25, 0.3) is 0 Å². The number of amides is 2. The van der Waals surface area contributed by atoms with E-state index in [1.807, 2.05) is 47.4 Å². The number of rotatable bonds is 3. The first-order valence-corrected chi connectivity index (χ1v) is 11.0. The van der Waals surface area contributed by atoms with Gasteiger partial charge in [-0.15, -0.1) is 0 Å². The SMILES string of the molecule is COC(=O)c1ccc2[nH]c3c(c2c1)CN(C(=O)CC1c2ccccc2C=CN1C(C)=O)CC3. The zero-order chi connectivity index (χ0) is 23.1. The summed E-state index contributed by atoms with van der Waals surface area (Å²) in [6.45, 7) is 2.59.